The largest absolute Gasteiger partial charge is 0.335 e. The molecule has 2 N–H and O–H groups in total. The van der Waals surface area contributed by atoms with Crippen molar-refractivity contribution in [2.75, 3.05) is 0 Å². The third-order valence-corrected chi connectivity index (χ3v) is 2.43. The lowest BCUT2D eigenvalue weighted by molar-refractivity contribution is -0.121. The van der Waals surface area contributed by atoms with Crippen molar-refractivity contribution in [1.82, 2.24) is 10.6 Å². The van der Waals surface area contributed by atoms with Crippen molar-refractivity contribution >= 4 is 11.9 Å². The molecule has 14 heavy (non-hydrogen) atoms. The number of carbonyl (C=O) groups excluding carboxylic acids is 2. The lowest BCUT2D eigenvalue weighted by Crippen LogP contribution is -2.52. The van der Waals surface area contributed by atoms with Crippen LogP contribution in [-0.2, 0) is 4.79 Å². The van der Waals surface area contributed by atoms with Crippen LogP contribution in [0.5, 0.6) is 0 Å². The second-order valence-corrected chi connectivity index (χ2v) is 3.77. The van der Waals surface area contributed by atoms with E-state index in [9.17, 15) is 9.59 Å². The summed E-state index contributed by atoms with van der Waals surface area (Å²) in [6.07, 6.45) is 6.05. The number of unbranched alkanes of at least 4 members (excludes halogenated alkanes) is 3. The maximum Gasteiger partial charge on any atom is 0.321 e. The van der Waals surface area contributed by atoms with Crippen molar-refractivity contribution in [3.63, 3.8) is 0 Å². The standard InChI is InChI=1S/C10H18N2O2/c1-2-3-4-5-6-8-7-9(13)12-10(14)11-8/h8H,2-7H2,1H3,(H2,11,12,13,14)/t8-/m1/s1. The van der Waals surface area contributed by atoms with E-state index >= 15 is 0 Å². The summed E-state index contributed by atoms with van der Waals surface area (Å²) in [6, 6.07) is -0.296. The average Bonchev–Trinajstić information content (AvgIpc) is 2.11. The predicted molar refractivity (Wildman–Crippen MR) is 53.8 cm³/mol. The molecular weight excluding hydrogens is 180 g/mol. The Morgan fingerprint density at radius 1 is 1.29 bits per heavy atom. The van der Waals surface area contributed by atoms with Crippen LogP contribution in [0.2, 0.25) is 0 Å². The van der Waals surface area contributed by atoms with Gasteiger partial charge in [0, 0.05) is 12.5 Å². The number of carbonyl (C=O) groups is 2. The van der Waals surface area contributed by atoms with Crippen LogP contribution < -0.4 is 10.6 Å². The summed E-state index contributed by atoms with van der Waals surface area (Å²) in [5.74, 6) is -0.158. The van der Waals surface area contributed by atoms with Gasteiger partial charge < -0.3 is 5.32 Å². The molecule has 0 aromatic carbocycles. The summed E-state index contributed by atoms with van der Waals surface area (Å²) in [5, 5.41) is 4.97. The minimum Gasteiger partial charge on any atom is -0.335 e. The van der Waals surface area contributed by atoms with Gasteiger partial charge in [0.2, 0.25) is 5.91 Å². The molecule has 1 fully saturated rings. The molecule has 0 radical (unpaired) electrons. The Hall–Kier alpha value is -1.06. The number of hydrogen-bond donors (Lipinski definition) is 2. The smallest absolute Gasteiger partial charge is 0.321 e. The van der Waals surface area contributed by atoms with Crippen LogP contribution >= 0.6 is 0 Å². The van der Waals surface area contributed by atoms with E-state index in [1.54, 1.807) is 0 Å². The molecule has 0 aliphatic carbocycles. The SMILES string of the molecule is CCCCCC[C@@H]1CC(=O)NC(=O)N1. The van der Waals surface area contributed by atoms with Crippen LogP contribution in [0.3, 0.4) is 0 Å². The second-order valence-electron chi connectivity index (χ2n) is 3.77. The van der Waals surface area contributed by atoms with Gasteiger partial charge in [0.15, 0.2) is 0 Å². The van der Waals surface area contributed by atoms with Crippen molar-refractivity contribution in [3.8, 4) is 0 Å². The fourth-order valence-electron chi connectivity index (χ4n) is 1.67. The molecule has 0 bridgehead atoms. The van der Waals surface area contributed by atoms with Crippen LogP contribution in [0.1, 0.15) is 45.4 Å². The van der Waals surface area contributed by atoms with Crippen molar-refractivity contribution in [2.45, 2.75) is 51.5 Å². The first-order chi connectivity index (χ1) is 6.72. The fourth-order valence-corrected chi connectivity index (χ4v) is 1.67. The first kappa shape index (κ1) is 11.0. The van der Waals surface area contributed by atoms with Crippen LogP contribution in [0, 0.1) is 0 Å². The Bertz CT molecular complexity index is 200. The highest BCUT2D eigenvalue weighted by molar-refractivity contribution is 5.97. The first-order valence-electron chi connectivity index (χ1n) is 5.32. The van der Waals surface area contributed by atoms with Crippen molar-refractivity contribution in [1.29, 1.82) is 0 Å². The molecule has 1 heterocycles. The van der Waals surface area contributed by atoms with Gasteiger partial charge >= 0.3 is 6.03 Å². The average molecular weight is 198 g/mol. The maximum absolute atomic E-state index is 11.0. The van der Waals surface area contributed by atoms with Crippen LogP contribution in [0.15, 0.2) is 0 Å². The monoisotopic (exact) mass is 198 g/mol. The highest BCUT2D eigenvalue weighted by Gasteiger charge is 2.22. The zero-order valence-corrected chi connectivity index (χ0v) is 8.64. The molecule has 1 aliphatic heterocycles. The van der Waals surface area contributed by atoms with Gasteiger partial charge in [-0.1, -0.05) is 32.6 Å². The van der Waals surface area contributed by atoms with Gasteiger partial charge in [0.25, 0.3) is 0 Å². The Kier molecular flexibility index (Phi) is 4.43. The number of urea groups is 1. The van der Waals surface area contributed by atoms with Crippen LogP contribution in [0.4, 0.5) is 4.79 Å². The van der Waals surface area contributed by atoms with E-state index in [-0.39, 0.29) is 18.0 Å². The molecular formula is C10H18N2O2. The highest BCUT2D eigenvalue weighted by Crippen LogP contribution is 2.09. The number of imide groups is 1. The molecule has 4 heteroatoms. The second kappa shape index (κ2) is 5.62. The topological polar surface area (TPSA) is 58.2 Å². The zero-order chi connectivity index (χ0) is 10.4. The molecule has 0 aromatic heterocycles. The number of hydrogen-bond acceptors (Lipinski definition) is 2. The van der Waals surface area contributed by atoms with E-state index in [2.05, 4.69) is 17.6 Å². The van der Waals surface area contributed by atoms with Gasteiger partial charge in [0.1, 0.15) is 0 Å². The molecule has 1 saturated heterocycles. The Balaban J connectivity index is 2.17. The van der Waals surface area contributed by atoms with E-state index in [1.807, 2.05) is 0 Å². The fraction of sp³-hybridized carbons (Fsp3) is 0.800. The lowest BCUT2D eigenvalue weighted by atomic mass is 10.0. The zero-order valence-electron chi connectivity index (χ0n) is 8.64. The molecule has 3 amide bonds. The van der Waals surface area contributed by atoms with Gasteiger partial charge in [-0.05, 0) is 6.42 Å². The number of rotatable bonds is 5. The van der Waals surface area contributed by atoms with E-state index in [1.165, 1.54) is 19.3 Å². The van der Waals surface area contributed by atoms with Gasteiger partial charge in [-0.2, -0.15) is 0 Å². The molecule has 0 aromatic rings. The minimum atomic E-state index is -0.346. The molecule has 80 valence electrons. The van der Waals surface area contributed by atoms with Gasteiger partial charge in [-0.3, -0.25) is 10.1 Å². The van der Waals surface area contributed by atoms with Crippen LogP contribution in [0.25, 0.3) is 0 Å². The van der Waals surface area contributed by atoms with Crippen LogP contribution in [-0.4, -0.2) is 18.0 Å². The van der Waals surface area contributed by atoms with E-state index in [0.29, 0.717) is 6.42 Å². The van der Waals surface area contributed by atoms with Crippen molar-refractivity contribution in [2.24, 2.45) is 0 Å². The number of nitrogens with one attached hydrogen (secondary N) is 2. The molecule has 0 spiro atoms. The molecule has 1 aliphatic rings. The molecule has 1 atom stereocenters. The van der Waals surface area contributed by atoms with E-state index in [0.717, 1.165) is 12.8 Å². The normalized spacial score (nSPS) is 21.6. The summed E-state index contributed by atoms with van der Waals surface area (Å²) in [4.78, 5) is 21.9. The Morgan fingerprint density at radius 3 is 2.71 bits per heavy atom. The van der Waals surface area contributed by atoms with Crippen molar-refractivity contribution in [3.05, 3.63) is 0 Å². The summed E-state index contributed by atoms with van der Waals surface area (Å²) < 4.78 is 0. The maximum atomic E-state index is 11.0. The summed E-state index contributed by atoms with van der Waals surface area (Å²) in [6.45, 7) is 2.16. The molecule has 0 saturated carbocycles. The summed E-state index contributed by atoms with van der Waals surface area (Å²) >= 11 is 0. The van der Waals surface area contributed by atoms with Gasteiger partial charge in [-0.25, -0.2) is 4.79 Å². The molecule has 0 unspecified atom stereocenters. The third-order valence-electron chi connectivity index (χ3n) is 2.43. The Morgan fingerprint density at radius 2 is 2.07 bits per heavy atom. The van der Waals surface area contributed by atoms with Gasteiger partial charge in [-0.15, -0.1) is 0 Å². The quantitative estimate of drug-likeness (QED) is 0.658. The van der Waals surface area contributed by atoms with E-state index < -0.39 is 0 Å². The minimum absolute atomic E-state index is 0.0492. The van der Waals surface area contributed by atoms with Crippen molar-refractivity contribution < 1.29 is 9.59 Å². The summed E-state index contributed by atoms with van der Waals surface area (Å²) in [7, 11) is 0. The molecule has 4 nitrogen and oxygen atoms in total. The predicted octanol–water partition coefficient (Wildman–Crippen LogP) is 1.55. The first-order valence-corrected chi connectivity index (χ1v) is 5.32. The number of amides is 3. The summed E-state index contributed by atoms with van der Waals surface area (Å²) in [5.41, 5.74) is 0. The van der Waals surface area contributed by atoms with Gasteiger partial charge in [0.05, 0.1) is 0 Å². The third kappa shape index (κ3) is 3.77. The lowest BCUT2D eigenvalue weighted by Gasteiger charge is -2.22. The van der Waals surface area contributed by atoms with E-state index in [4.69, 9.17) is 0 Å². The Labute approximate surface area is 84.4 Å². The molecule has 1 rings (SSSR count). The highest BCUT2D eigenvalue weighted by atomic mass is 16.2.